The lowest BCUT2D eigenvalue weighted by Crippen LogP contribution is -2.56. The summed E-state index contributed by atoms with van der Waals surface area (Å²) in [6.45, 7) is -0.295. The molecule has 1 aromatic carbocycles. The van der Waals surface area contributed by atoms with E-state index < -0.39 is 42.1 Å². The number of benzene rings is 1. The van der Waals surface area contributed by atoms with Gasteiger partial charge in [-0.2, -0.15) is 0 Å². The van der Waals surface area contributed by atoms with Gasteiger partial charge < -0.3 is 26.7 Å². The van der Waals surface area contributed by atoms with Gasteiger partial charge in [0.1, 0.15) is 18.8 Å². The van der Waals surface area contributed by atoms with Gasteiger partial charge in [0.2, 0.25) is 11.8 Å². The molecule has 0 aliphatic rings. The molecule has 1 unspecified atom stereocenters. The lowest BCUT2D eigenvalue weighted by Gasteiger charge is -2.24. The van der Waals surface area contributed by atoms with Crippen LogP contribution in [0.1, 0.15) is 16.8 Å². The van der Waals surface area contributed by atoms with Gasteiger partial charge in [0, 0.05) is 0 Å². The molecule has 28 heavy (non-hydrogen) atoms. The van der Waals surface area contributed by atoms with E-state index in [1.54, 1.807) is 0 Å². The first-order chi connectivity index (χ1) is 13.1. The van der Waals surface area contributed by atoms with Crippen LogP contribution in [-0.4, -0.2) is 60.9 Å². The van der Waals surface area contributed by atoms with E-state index in [-0.39, 0.29) is 13.2 Å². The summed E-state index contributed by atoms with van der Waals surface area (Å²) < 4.78 is 9.99. The van der Waals surface area contributed by atoms with E-state index >= 15 is 0 Å². The highest BCUT2D eigenvalue weighted by atomic mass is 16.5. The van der Waals surface area contributed by atoms with Crippen LogP contribution in [0.25, 0.3) is 0 Å². The number of ether oxygens (including phenoxy) is 2. The van der Waals surface area contributed by atoms with Crippen LogP contribution in [0.4, 0.5) is 0 Å². The molecule has 0 bridgehead atoms. The molecule has 0 aliphatic carbocycles. The molecule has 1 rings (SSSR count). The molecule has 0 radical (unpaired) electrons. The molecule has 12 nitrogen and oxygen atoms in total. The Hall–Kier alpha value is -3.67. The van der Waals surface area contributed by atoms with Crippen molar-refractivity contribution in [1.29, 1.82) is 0 Å². The Morgan fingerprint density at radius 3 is 2.21 bits per heavy atom. The van der Waals surface area contributed by atoms with Gasteiger partial charge in [-0.25, -0.2) is 4.79 Å². The Bertz CT molecular complexity index is 750. The standard InChI is InChI=1S/C16H21N5O7/c1-27-16(26)9-2-4-10(5-3-9)28-7-6-21(12(23)8-11(17)22)20-15(25)13(18)14(19)24/h2-5,13H,6-8,18H2,1H3,(H2,17,22)(H2,19,24)(H,20,25). The minimum atomic E-state index is -1.68. The zero-order valence-electron chi connectivity index (χ0n) is 15.0. The van der Waals surface area contributed by atoms with E-state index in [0.717, 1.165) is 5.01 Å². The molecule has 0 saturated heterocycles. The van der Waals surface area contributed by atoms with Crippen molar-refractivity contribution in [2.75, 3.05) is 20.3 Å². The number of primary amides is 2. The number of nitrogens with zero attached hydrogens (tertiary/aromatic N) is 1. The van der Waals surface area contributed by atoms with E-state index in [1.807, 2.05) is 0 Å². The van der Waals surface area contributed by atoms with Crippen molar-refractivity contribution < 1.29 is 33.4 Å². The van der Waals surface area contributed by atoms with E-state index in [1.165, 1.54) is 31.4 Å². The Labute approximate surface area is 159 Å². The largest absolute Gasteiger partial charge is 0.492 e. The third kappa shape index (κ3) is 6.92. The molecule has 0 saturated carbocycles. The van der Waals surface area contributed by atoms with Crippen molar-refractivity contribution >= 4 is 29.6 Å². The third-order valence-electron chi connectivity index (χ3n) is 3.32. The fourth-order valence-corrected chi connectivity index (χ4v) is 1.88. The summed E-state index contributed by atoms with van der Waals surface area (Å²) >= 11 is 0. The number of methoxy groups -OCH3 is 1. The molecular weight excluding hydrogens is 374 g/mol. The summed E-state index contributed by atoms with van der Waals surface area (Å²) in [4.78, 5) is 57.1. The molecule has 0 spiro atoms. The van der Waals surface area contributed by atoms with Gasteiger partial charge in [-0.05, 0) is 24.3 Å². The predicted molar refractivity (Wildman–Crippen MR) is 94.1 cm³/mol. The first kappa shape index (κ1) is 22.4. The maximum atomic E-state index is 12.0. The number of carbonyl (C=O) groups excluding carboxylic acids is 5. The van der Waals surface area contributed by atoms with Gasteiger partial charge in [0.25, 0.3) is 11.8 Å². The van der Waals surface area contributed by atoms with Crippen molar-refractivity contribution in [2.45, 2.75) is 12.5 Å². The van der Waals surface area contributed by atoms with Crippen molar-refractivity contribution in [1.82, 2.24) is 10.4 Å². The van der Waals surface area contributed by atoms with Crippen LogP contribution >= 0.6 is 0 Å². The van der Waals surface area contributed by atoms with Crippen molar-refractivity contribution in [3.63, 3.8) is 0 Å². The second-order valence-electron chi connectivity index (χ2n) is 5.41. The van der Waals surface area contributed by atoms with Crippen LogP contribution in [0, 0.1) is 0 Å². The molecule has 0 aliphatic heterocycles. The van der Waals surface area contributed by atoms with Crippen molar-refractivity contribution in [3.05, 3.63) is 29.8 Å². The van der Waals surface area contributed by atoms with Gasteiger partial charge in [0.15, 0.2) is 6.04 Å². The van der Waals surface area contributed by atoms with Crippen LogP contribution < -0.4 is 27.4 Å². The van der Waals surface area contributed by atoms with Crippen molar-refractivity contribution in [3.8, 4) is 5.75 Å². The summed E-state index contributed by atoms with van der Waals surface area (Å²) in [5.41, 5.74) is 17.6. The topological polar surface area (TPSA) is 197 Å². The molecule has 4 amide bonds. The minimum Gasteiger partial charge on any atom is -0.492 e. The SMILES string of the molecule is COC(=O)c1ccc(OCCN(NC(=O)C(N)C(N)=O)C(=O)CC(N)=O)cc1. The number of rotatable bonds is 9. The molecule has 0 heterocycles. The average molecular weight is 395 g/mol. The molecule has 0 aromatic heterocycles. The van der Waals surface area contributed by atoms with Crippen LogP contribution in [0.15, 0.2) is 24.3 Å². The van der Waals surface area contributed by atoms with Crippen molar-refractivity contribution in [2.24, 2.45) is 17.2 Å². The van der Waals surface area contributed by atoms with Crippen LogP contribution in [0.5, 0.6) is 5.75 Å². The number of hydrazine groups is 1. The second-order valence-corrected chi connectivity index (χ2v) is 5.41. The van der Waals surface area contributed by atoms with E-state index in [9.17, 15) is 24.0 Å². The average Bonchev–Trinajstić information content (AvgIpc) is 2.65. The fourth-order valence-electron chi connectivity index (χ4n) is 1.88. The summed E-state index contributed by atoms with van der Waals surface area (Å²) in [5, 5.41) is 0.749. The zero-order valence-corrected chi connectivity index (χ0v) is 15.0. The van der Waals surface area contributed by atoms with Crippen LogP contribution in [0.2, 0.25) is 0 Å². The first-order valence-electron chi connectivity index (χ1n) is 7.91. The summed E-state index contributed by atoms with van der Waals surface area (Å²) in [5.74, 6) is -4.02. The molecular formula is C16H21N5O7. The fraction of sp³-hybridized carbons (Fsp3) is 0.312. The van der Waals surface area contributed by atoms with Gasteiger partial charge in [-0.15, -0.1) is 0 Å². The number of carbonyl (C=O) groups is 5. The monoisotopic (exact) mass is 395 g/mol. The van der Waals surface area contributed by atoms with Gasteiger partial charge in [0.05, 0.1) is 19.2 Å². The van der Waals surface area contributed by atoms with Crippen LogP contribution in [-0.2, 0) is 23.9 Å². The summed E-state index contributed by atoms with van der Waals surface area (Å²) in [6, 6.07) is 4.28. The number of nitrogens with two attached hydrogens (primary N) is 3. The summed E-state index contributed by atoms with van der Waals surface area (Å²) in [6.07, 6.45) is -0.681. The van der Waals surface area contributed by atoms with Gasteiger partial charge in [-0.3, -0.25) is 29.6 Å². The lowest BCUT2D eigenvalue weighted by atomic mass is 10.2. The number of hydrogen-bond acceptors (Lipinski definition) is 8. The second kappa shape index (κ2) is 10.5. The molecule has 12 heteroatoms. The Balaban J connectivity index is 2.71. The van der Waals surface area contributed by atoms with E-state index in [2.05, 4.69) is 10.2 Å². The predicted octanol–water partition coefficient (Wildman–Crippen LogP) is -2.60. The highest BCUT2D eigenvalue weighted by Crippen LogP contribution is 2.12. The Morgan fingerprint density at radius 1 is 1.11 bits per heavy atom. The maximum Gasteiger partial charge on any atom is 0.337 e. The number of amides is 4. The summed E-state index contributed by atoms with van der Waals surface area (Å²) in [7, 11) is 1.25. The van der Waals surface area contributed by atoms with Gasteiger partial charge >= 0.3 is 5.97 Å². The highest BCUT2D eigenvalue weighted by molar-refractivity contribution is 6.04. The highest BCUT2D eigenvalue weighted by Gasteiger charge is 2.24. The molecule has 1 atom stereocenters. The lowest BCUT2D eigenvalue weighted by molar-refractivity contribution is -0.145. The van der Waals surface area contributed by atoms with E-state index in [0.29, 0.717) is 11.3 Å². The quantitative estimate of drug-likeness (QED) is 0.198. The minimum absolute atomic E-state index is 0.103. The Kier molecular flexibility index (Phi) is 8.37. The van der Waals surface area contributed by atoms with Crippen LogP contribution in [0.3, 0.4) is 0 Å². The first-order valence-corrected chi connectivity index (χ1v) is 7.91. The molecule has 152 valence electrons. The zero-order chi connectivity index (χ0) is 21.3. The van der Waals surface area contributed by atoms with Gasteiger partial charge in [-0.1, -0.05) is 0 Å². The smallest absolute Gasteiger partial charge is 0.337 e. The number of hydrogen-bond donors (Lipinski definition) is 4. The third-order valence-corrected chi connectivity index (χ3v) is 3.32. The molecule has 0 fully saturated rings. The molecule has 7 N–H and O–H groups in total. The Morgan fingerprint density at radius 2 is 1.71 bits per heavy atom. The van der Waals surface area contributed by atoms with E-state index in [4.69, 9.17) is 21.9 Å². The normalized spacial score (nSPS) is 11.1. The molecule has 1 aromatic rings. The number of nitrogens with one attached hydrogen (secondary N) is 1. The number of esters is 1. The maximum absolute atomic E-state index is 12.0.